The Bertz CT molecular complexity index is 538. The SMILES string of the molecule is COc1cccc(OC)c1C(O)c1cc(C)c(Cl)s1. The van der Waals surface area contributed by atoms with Crippen LogP contribution in [0.2, 0.25) is 4.34 Å². The first-order valence-corrected chi connectivity index (χ1v) is 6.92. The molecule has 0 saturated carbocycles. The Hall–Kier alpha value is -1.23. The van der Waals surface area contributed by atoms with Crippen LogP contribution < -0.4 is 9.47 Å². The quantitative estimate of drug-likeness (QED) is 0.933. The highest BCUT2D eigenvalue weighted by Gasteiger charge is 2.22. The molecule has 0 saturated heterocycles. The van der Waals surface area contributed by atoms with Gasteiger partial charge in [-0.2, -0.15) is 0 Å². The Labute approximate surface area is 121 Å². The summed E-state index contributed by atoms with van der Waals surface area (Å²) >= 11 is 7.41. The van der Waals surface area contributed by atoms with Crippen molar-refractivity contribution in [3.63, 3.8) is 0 Å². The summed E-state index contributed by atoms with van der Waals surface area (Å²) in [5.41, 5.74) is 1.57. The lowest BCUT2D eigenvalue weighted by molar-refractivity contribution is 0.212. The molecule has 5 heteroatoms. The van der Waals surface area contributed by atoms with Crippen LogP contribution >= 0.6 is 22.9 Å². The predicted molar refractivity (Wildman–Crippen MR) is 77.7 cm³/mol. The van der Waals surface area contributed by atoms with Crippen molar-refractivity contribution in [2.24, 2.45) is 0 Å². The normalized spacial score (nSPS) is 12.3. The van der Waals surface area contributed by atoms with Crippen LogP contribution in [0.25, 0.3) is 0 Å². The number of aryl methyl sites for hydroxylation is 1. The molecule has 0 aliphatic carbocycles. The number of aliphatic hydroxyl groups excluding tert-OH is 1. The summed E-state index contributed by atoms with van der Waals surface area (Å²) in [6.45, 7) is 1.91. The van der Waals surface area contributed by atoms with Crippen molar-refractivity contribution in [3.05, 3.63) is 44.6 Å². The molecule has 0 amide bonds. The van der Waals surface area contributed by atoms with Gasteiger partial charge in [0, 0.05) is 4.88 Å². The fraction of sp³-hybridized carbons (Fsp3) is 0.286. The van der Waals surface area contributed by atoms with Gasteiger partial charge < -0.3 is 14.6 Å². The summed E-state index contributed by atoms with van der Waals surface area (Å²) in [5, 5.41) is 10.5. The van der Waals surface area contributed by atoms with Crippen LogP contribution in [0.1, 0.15) is 22.1 Å². The second kappa shape index (κ2) is 5.82. The number of hydrogen-bond donors (Lipinski definition) is 1. The van der Waals surface area contributed by atoms with Crippen molar-refractivity contribution < 1.29 is 14.6 Å². The number of thiophene rings is 1. The van der Waals surface area contributed by atoms with E-state index in [0.29, 0.717) is 21.4 Å². The van der Waals surface area contributed by atoms with Gasteiger partial charge in [0.1, 0.15) is 17.6 Å². The molecule has 0 spiro atoms. The van der Waals surface area contributed by atoms with E-state index in [4.69, 9.17) is 21.1 Å². The molecule has 1 atom stereocenters. The average molecular weight is 299 g/mol. The first-order chi connectivity index (χ1) is 9.08. The lowest BCUT2D eigenvalue weighted by Crippen LogP contribution is -2.03. The van der Waals surface area contributed by atoms with E-state index in [1.165, 1.54) is 11.3 Å². The average Bonchev–Trinajstić information content (AvgIpc) is 2.76. The maximum Gasteiger partial charge on any atom is 0.128 e. The minimum Gasteiger partial charge on any atom is -0.496 e. The lowest BCUT2D eigenvalue weighted by Gasteiger charge is -2.17. The van der Waals surface area contributed by atoms with Gasteiger partial charge in [0.25, 0.3) is 0 Å². The van der Waals surface area contributed by atoms with E-state index in [1.54, 1.807) is 26.4 Å². The van der Waals surface area contributed by atoms with Crippen molar-refractivity contribution in [1.82, 2.24) is 0 Å². The van der Waals surface area contributed by atoms with Crippen LogP contribution in [0.3, 0.4) is 0 Å². The molecule has 2 rings (SSSR count). The van der Waals surface area contributed by atoms with Crippen LogP contribution in [-0.4, -0.2) is 19.3 Å². The third-order valence-corrected chi connectivity index (χ3v) is 4.49. The Morgan fingerprint density at radius 3 is 2.21 bits per heavy atom. The highest BCUT2D eigenvalue weighted by Crippen LogP contribution is 2.41. The monoisotopic (exact) mass is 298 g/mol. The summed E-state index contributed by atoms with van der Waals surface area (Å²) in [6, 6.07) is 7.29. The summed E-state index contributed by atoms with van der Waals surface area (Å²) in [5.74, 6) is 1.18. The van der Waals surface area contributed by atoms with Crippen molar-refractivity contribution in [3.8, 4) is 11.5 Å². The number of ether oxygens (including phenoxy) is 2. The van der Waals surface area contributed by atoms with Crippen molar-refractivity contribution in [2.75, 3.05) is 14.2 Å². The second-order valence-corrected chi connectivity index (χ2v) is 5.77. The fourth-order valence-corrected chi connectivity index (χ4v) is 3.12. The van der Waals surface area contributed by atoms with Crippen LogP contribution in [0.15, 0.2) is 24.3 Å². The molecule has 1 aromatic carbocycles. The Morgan fingerprint density at radius 2 is 1.79 bits per heavy atom. The zero-order valence-electron chi connectivity index (χ0n) is 10.9. The first-order valence-electron chi connectivity index (χ1n) is 5.73. The zero-order chi connectivity index (χ0) is 14.0. The van der Waals surface area contributed by atoms with E-state index in [9.17, 15) is 5.11 Å². The van der Waals surface area contributed by atoms with Gasteiger partial charge >= 0.3 is 0 Å². The first kappa shape index (κ1) is 14.2. The minimum atomic E-state index is -0.817. The maximum atomic E-state index is 10.5. The summed E-state index contributed by atoms with van der Waals surface area (Å²) in [4.78, 5) is 0.769. The molecule has 2 aromatic rings. The minimum absolute atomic E-state index is 0.592. The number of aliphatic hydroxyl groups is 1. The third-order valence-electron chi connectivity index (χ3n) is 2.89. The van der Waals surface area contributed by atoms with E-state index in [-0.39, 0.29) is 0 Å². The largest absolute Gasteiger partial charge is 0.496 e. The fourth-order valence-electron chi connectivity index (χ4n) is 1.91. The highest BCUT2D eigenvalue weighted by atomic mass is 35.5. The Kier molecular flexibility index (Phi) is 4.34. The van der Waals surface area contributed by atoms with Crippen LogP contribution in [0, 0.1) is 6.92 Å². The molecule has 19 heavy (non-hydrogen) atoms. The number of halogens is 1. The van der Waals surface area contributed by atoms with Crippen molar-refractivity contribution in [1.29, 1.82) is 0 Å². The molecular weight excluding hydrogens is 284 g/mol. The smallest absolute Gasteiger partial charge is 0.128 e. The van der Waals surface area contributed by atoms with Crippen LogP contribution in [-0.2, 0) is 0 Å². The van der Waals surface area contributed by atoms with Crippen molar-refractivity contribution >= 4 is 22.9 Å². The Balaban J connectivity index is 2.50. The number of benzene rings is 1. The lowest BCUT2D eigenvalue weighted by atomic mass is 10.0. The topological polar surface area (TPSA) is 38.7 Å². The molecule has 102 valence electrons. The molecule has 1 unspecified atom stereocenters. The molecule has 3 nitrogen and oxygen atoms in total. The molecule has 0 fully saturated rings. The second-order valence-electron chi connectivity index (χ2n) is 4.08. The van der Waals surface area contributed by atoms with Crippen LogP contribution in [0.4, 0.5) is 0 Å². The molecule has 1 N–H and O–H groups in total. The molecule has 0 aliphatic heterocycles. The van der Waals surface area contributed by atoms with Gasteiger partial charge in [0.15, 0.2) is 0 Å². The van der Waals surface area contributed by atoms with Crippen LogP contribution in [0.5, 0.6) is 11.5 Å². The van der Waals surface area contributed by atoms with E-state index in [1.807, 2.05) is 19.1 Å². The van der Waals surface area contributed by atoms with E-state index in [2.05, 4.69) is 0 Å². The van der Waals surface area contributed by atoms with Gasteiger partial charge in [-0.25, -0.2) is 0 Å². The van der Waals surface area contributed by atoms with Gasteiger partial charge in [0.05, 0.1) is 24.1 Å². The van der Waals surface area contributed by atoms with Crippen molar-refractivity contribution in [2.45, 2.75) is 13.0 Å². The molecule has 0 aliphatic rings. The summed E-state index contributed by atoms with van der Waals surface area (Å²) in [6.07, 6.45) is -0.817. The predicted octanol–water partition coefficient (Wildman–Crippen LogP) is 3.81. The van der Waals surface area contributed by atoms with E-state index < -0.39 is 6.10 Å². The van der Waals surface area contributed by atoms with Gasteiger partial charge in [-0.3, -0.25) is 0 Å². The molecule has 1 heterocycles. The zero-order valence-corrected chi connectivity index (χ0v) is 12.5. The van der Waals surface area contributed by atoms with Gasteiger partial charge in [-0.05, 0) is 30.7 Å². The summed E-state index contributed by atoms with van der Waals surface area (Å²) < 4.78 is 11.3. The maximum absolute atomic E-state index is 10.5. The van der Waals surface area contributed by atoms with E-state index in [0.717, 1.165) is 10.4 Å². The molecule has 1 aromatic heterocycles. The van der Waals surface area contributed by atoms with Gasteiger partial charge in [0.2, 0.25) is 0 Å². The third kappa shape index (κ3) is 2.71. The number of methoxy groups -OCH3 is 2. The van der Waals surface area contributed by atoms with E-state index >= 15 is 0 Å². The Morgan fingerprint density at radius 1 is 1.21 bits per heavy atom. The molecule has 0 radical (unpaired) electrons. The molecule has 0 bridgehead atoms. The number of hydrogen-bond acceptors (Lipinski definition) is 4. The highest BCUT2D eigenvalue weighted by molar-refractivity contribution is 7.16. The number of rotatable bonds is 4. The van der Waals surface area contributed by atoms with Gasteiger partial charge in [-0.1, -0.05) is 17.7 Å². The standard InChI is InChI=1S/C14H15ClO3S/c1-8-7-11(19-14(8)15)13(16)12-9(17-2)5-4-6-10(12)18-3/h4-7,13,16H,1-3H3. The summed E-state index contributed by atoms with van der Waals surface area (Å²) in [7, 11) is 3.13. The van der Waals surface area contributed by atoms with Gasteiger partial charge in [-0.15, -0.1) is 11.3 Å². The molecular formula is C14H15ClO3S.